The van der Waals surface area contributed by atoms with E-state index in [2.05, 4.69) is 5.32 Å². The zero-order valence-electron chi connectivity index (χ0n) is 14.4. The molecule has 138 valence electrons. The Labute approximate surface area is 154 Å². The zero-order chi connectivity index (χ0) is 17.0. The van der Waals surface area contributed by atoms with Gasteiger partial charge in [-0.25, -0.2) is 4.79 Å². The fourth-order valence-electron chi connectivity index (χ4n) is 3.62. The van der Waals surface area contributed by atoms with E-state index in [-0.39, 0.29) is 37.0 Å². The molecular weight excluding hydrogens is 344 g/mol. The molecule has 0 radical (unpaired) electrons. The van der Waals surface area contributed by atoms with Crippen LogP contribution in [0.25, 0.3) is 0 Å². The van der Waals surface area contributed by atoms with Gasteiger partial charge in [0, 0.05) is 32.1 Å². The standard InChI is InChI=1S/C18H24N2O4.ClH/c1-2-23-16(21)18-8-9-20(11-15(18)10-19-13-18)17(22)24-12-14-6-4-3-5-7-14;/h3-7,15,19H,2,8-13H2,1H3;1H/t15?,18-;/m1./s1. The zero-order valence-corrected chi connectivity index (χ0v) is 15.2. The first-order chi connectivity index (χ1) is 11.7. The highest BCUT2D eigenvalue weighted by atomic mass is 35.5. The Balaban J connectivity index is 0.00000225. The van der Waals surface area contributed by atoms with E-state index in [0.29, 0.717) is 32.7 Å². The molecule has 2 saturated heterocycles. The van der Waals surface area contributed by atoms with Crippen LogP contribution in [-0.4, -0.2) is 49.7 Å². The summed E-state index contributed by atoms with van der Waals surface area (Å²) in [6.45, 7) is 4.87. The lowest BCUT2D eigenvalue weighted by Gasteiger charge is -2.41. The van der Waals surface area contributed by atoms with E-state index >= 15 is 0 Å². The summed E-state index contributed by atoms with van der Waals surface area (Å²) in [5.41, 5.74) is 0.470. The minimum Gasteiger partial charge on any atom is -0.466 e. The van der Waals surface area contributed by atoms with Gasteiger partial charge in [0.05, 0.1) is 12.0 Å². The number of hydrogen-bond acceptors (Lipinski definition) is 5. The monoisotopic (exact) mass is 368 g/mol. The number of amides is 1. The third kappa shape index (κ3) is 4.07. The maximum absolute atomic E-state index is 12.4. The maximum atomic E-state index is 12.4. The Morgan fingerprint density at radius 3 is 2.76 bits per heavy atom. The molecule has 2 heterocycles. The van der Waals surface area contributed by atoms with Crippen LogP contribution in [0.3, 0.4) is 0 Å². The van der Waals surface area contributed by atoms with Crippen molar-refractivity contribution in [3.05, 3.63) is 35.9 Å². The van der Waals surface area contributed by atoms with Crippen molar-refractivity contribution in [3.8, 4) is 0 Å². The number of nitrogens with one attached hydrogen (secondary N) is 1. The maximum Gasteiger partial charge on any atom is 0.410 e. The Kier molecular flexibility index (Phi) is 6.67. The fourth-order valence-corrected chi connectivity index (χ4v) is 3.62. The van der Waals surface area contributed by atoms with Crippen LogP contribution in [0, 0.1) is 11.3 Å². The van der Waals surface area contributed by atoms with Crippen molar-refractivity contribution in [1.82, 2.24) is 10.2 Å². The van der Waals surface area contributed by atoms with Crippen molar-refractivity contribution in [1.29, 1.82) is 0 Å². The summed E-state index contributed by atoms with van der Waals surface area (Å²) in [6.07, 6.45) is 0.299. The molecule has 1 unspecified atom stereocenters. The van der Waals surface area contributed by atoms with Crippen molar-refractivity contribution in [2.24, 2.45) is 11.3 Å². The second-order valence-electron chi connectivity index (χ2n) is 6.44. The molecule has 6 nitrogen and oxygen atoms in total. The number of likely N-dealkylation sites (tertiary alicyclic amines) is 1. The first-order valence-corrected chi connectivity index (χ1v) is 8.49. The lowest BCUT2D eigenvalue weighted by molar-refractivity contribution is -0.159. The average molecular weight is 369 g/mol. The molecule has 0 aromatic heterocycles. The SMILES string of the molecule is CCOC(=O)[C@@]12CCN(C(=O)OCc3ccccc3)CC1CNC2.Cl. The number of carbonyl (C=O) groups excluding carboxylic acids is 2. The summed E-state index contributed by atoms with van der Waals surface area (Å²) >= 11 is 0. The van der Waals surface area contributed by atoms with Crippen molar-refractivity contribution in [2.45, 2.75) is 20.0 Å². The third-order valence-corrected chi connectivity index (χ3v) is 5.03. The van der Waals surface area contributed by atoms with Crippen molar-refractivity contribution >= 4 is 24.5 Å². The highest BCUT2D eigenvalue weighted by Gasteiger charge is 2.53. The minimum absolute atomic E-state index is 0. The molecule has 0 aliphatic carbocycles. The average Bonchev–Trinajstić information content (AvgIpc) is 3.05. The van der Waals surface area contributed by atoms with Crippen LogP contribution in [0.1, 0.15) is 18.9 Å². The van der Waals surface area contributed by atoms with Gasteiger partial charge in [0.2, 0.25) is 0 Å². The third-order valence-electron chi connectivity index (χ3n) is 5.03. The number of piperidine rings is 1. The van der Waals surface area contributed by atoms with E-state index < -0.39 is 5.41 Å². The van der Waals surface area contributed by atoms with Gasteiger partial charge < -0.3 is 19.7 Å². The molecule has 2 aliphatic rings. The molecule has 2 atom stereocenters. The number of benzene rings is 1. The summed E-state index contributed by atoms with van der Waals surface area (Å²) in [5, 5.41) is 3.28. The van der Waals surface area contributed by atoms with Gasteiger partial charge in [-0.05, 0) is 18.9 Å². The number of esters is 1. The van der Waals surface area contributed by atoms with Gasteiger partial charge >= 0.3 is 12.1 Å². The van der Waals surface area contributed by atoms with Crippen LogP contribution < -0.4 is 5.32 Å². The van der Waals surface area contributed by atoms with Crippen LogP contribution in [0.5, 0.6) is 0 Å². The molecule has 0 bridgehead atoms. The van der Waals surface area contributed by atoms with Crippen molar-refractivity contribution in [2.75, 3.05) is 32.8 Å². The molecule has 25 heavy (non-hydrogen) atoms. The molecule has 0 spiro atoms. The smallest absolute Gasteiger partial charge is 0.410 e. The second kappa shape index (κ2) is 8.54. The second-order valence-corrected chi connectivity index (χ2v) is 6.44. The molecule has 2 fully saturated rings. The van der Waals surface area contributed by atoms with Gasteiger partial charge in [0.15, 0.2) is 0 Å². The number of nitrogens with zero attached hydrogens (tertiary/aromatic N) is 1. The quantitative estimate of drug-likeness (QED) is 0.825. The molecule has 1 amide bonds. The Bertz CT molecular complexity index is 598. The van der Waals surface area contributed by atoms with E-state index in [1.807, 2.05) is 37.3 Å². The van der Waals surface area contributed by atoms with Gasteiger partial charge in [0.1, 0.15) is 6.61 Å². The molecule has 0 saturated carbocycles. The van der Waals surface area contributed by atoms with Gasteiger partial charge in [-0.1, -0.05) is 30.3 Å². The van der Waals surface area contributed by atoms with E-state index in [1.165, 1.54) is 0 Å². The lowest BCUT2D eigenvalue weighted by Crippen LogP contribution is -2.53. The minimum atomic E-state index is -0.494. The first kappa shape index (κ1) is 19.5. The highest BCUT2D eigenvalue weighted by Crippen LogP contribution is 2.40. The van der Waals surface area contributed by atoms with Gasteiger partial charge in [-0.3, -0.25) is 4.79 Å². The molecule has 1 aromatic rings. The van der Waals surface area contributed by atoms with Gasteiger partial charge in [-0.2, -0.15) is 0 Å². The molecule has 2 aliphatic heterocycles. The van der Waals surface area contributed by atoms with Crippen molar-refractivity contribution in [3.63, 3.8) is 0 Å². The molecule has 3 rings (SSSR count). The fraction of sp³-hybridized carbons (Fsp3) is 0.556. The van der Waals surface area contributed by atoms with Crippen LogP contribution in [0.15, 0.2) is 30.3 Å². The van der Waals surface area contributed by atoms with Crippen LogP contribution in [0.4, 0.5) is 4.79 Å². The summed E-state index contributed by atoms with van der Waals surface area (Å²) in [7, 11) is 0. The van der Waals surface area contributed by atoms with Crippen LogP contribution in [-0.2, 0) is 20.9 Å². The Morgan fingerprint density at radius 1 is 1.28 bits per heavy atom. The highest BCUT2D eigenvalue weighted by molar-refractivity contribution is 5.85. The predicted molar refractivity (Wildman–Crippen MR) is 95.5 cm³/mol. The Morgan fingerprint density at radius 2 is 2.04 bits per heavy atom. The molecular formula is C18H25ClN2O4. The molecule has 1 aromatic carbocycles. The van der Waals surface area contributed by atoms with Gasteiger partial charge in [0.25, 0.3) is 0 Å². The summed E-state index contributed by atoms with van der Waals surface area (Å²) < 4.78 is 10.7. The largest absolute Gasteiger partial charge is 0.466 e. The number of fused-ring (bicyclic) bond motifs is 1. The van der Waals surface area contributed by atoms with E-state index in [0.717, 1.165) is 12.1 Å². The summed E-state index contributed by atoms with van der Waals surface area (Å²) in [6, 6.07) is 9.62. The number of hydrogen-bond donors (Lipinski definition) is 1. The number of carbonyl (C=O) groups is 2. The topological polar surface area (TPSA) is 67.9 Å². The molecule has 7 heteroatoms. The first-order valence-electron chi connectivity index (χ1n) is 8.49. The van der Waals surface area contributed by atoms with E-state index in [9.17, 15) is 9.59 Å². The lowest BCUT2D eigenvalue weighted by atomic mass is 9.72. The van der Waals surface area contributed by atoms with E-state index in [1.54, 1.807) is 4.90 Å². The Hall–Kier alpha value is -1.79. The van der Waals surface area contributed by atoms with Crippen LogP contribution >= 0.6 is 12.4 Å². The normalized spacial score (nSPS) is 24.8. The van der Waals surface area contributed by atoms with Crippen LogP contribution in [0.2, 0.25) is 0 Å². The number of halogens is 1. The van der Waals surface area contributed by atoms with Gasteiger partial charge in [-0.15, -0.1) is 12.4 Å². The number of rotatable bonds is 4. The molecule has 1 N–H and O–H groups in total. The van der Waals surface area contributed by atoms with Crippen molar-refractivity contribution < 1.29 is 19.1 Å². The summed E-state index contributed by atoms with van der Waals surface area (Å²) in [5.74, 6) is -0.0631. The van der Waals surface area contributed by atoms with E-state index in [4.69, 9.17) is 9.47 Å². The number of ether oxygens (including phenoxy) is 2. The predicted octanol–water partition coefficient (Wildman–Crippen LogP) is 2.22. The summed E-state index contributed by atoms with van der Waals surface area (Å²) in [4.78, 5) is 26.4.